The van der Waals surface area contributed by atoms with Crippen LogP contribution in [0.2, 0.25) is 0 Å². The standard InChI is InChI=1S/C18H21N3O2S/c1-20(2)18(23)15-12-19-16(24-15)14-10-6-7-11-21(14)17(22)13-8-4-3-5-9-13/h3-5,8-9,12,14H,6-7,10-11H2,1-2H3. The molecule has 0 saturated carbocycles. The molecule has 1 aromatic heterocycles. The van der Waals surface area contributed by atoms with Crippen LogP contribution in [0.15, 0.2) is 36.5 Å². The zero-order chi connectivity index (χ0) is 17.1. The van der Waals surface area contributed by atoms with Crippen LogP contribution < -0.4 is 0 Å². The summed E-state index contributed by atoms with van der Waals surface area (Å²) in [5, 5.41) is 0.851. The molecule has 5 nitrogen and oxygen atoms in total. The molecule has 1 unspecified atom stereocenters. The van der Waals surface area contributed by atoms with Crippen LogP contribution in [-0.4, -0.2) is 47.2 Å². The molecule has 1 saturated heterocycles. The van der Waals surface area contributed by atoms with E-state index in [9.17, 15) is 9.59 Å². The fourth-order valence-electron chi connectivity index (χ4n) is 2.94. The van der Waals surface area contributed by atoms with Gasteiger partial charge in [0.1, 0.15) is 9.88 Å². The maximum atomic E-state index is 12.9. The first-order valence-corrected chi connectivity index (χ1v) is 8.93. The Labute approximate surface area is 145 Å². The minimum Gasteiger partial charge on any atom is -0.344 e. The molecule has 2 amide bonds. The highest BCUT2D eigenvalue weighted by Gasteiger charge is 2.31. The lowest BCUT2D eigenvalue weighted by Crippen LogP contribution is -2.38. The molecular formula is C18H21N3O2S. The van der Waals surface area contributed by atoms with Crippen molar-refractivity contribution in [3.8, 4) is 0 Å². The Morgan fingerprint density at radius 3 is 2.67 bits per heavy atom. The Morgan fingerprint density at radius 2 is 1.96 bits per heavy atom. The van der Waals surface area contributed by atoms with Crippen LogP contribution in [0.4, 0.5) is 0 Å². The number of hydrogen-bond acceptors (Lipinski definition) is 4. The normalized spacial score (nSPS) is 17.6. The fraction of sp³-hybridized carbons (Fsp3) is 0.389. The van der Waals surface area contributed by atoms with Gasteiger partial charge >= 0.3 is 0 Å². The Morgan fingerprint density at radius 1 is 1.21 bits per heavy atom. The van der Waals surface area contributed by atoms with Crippen LogP contribution in [0.5, 0.6) is 0 Å². The van der Waals surface area contributed by atoms with E-state index in [4.69, 9.17) is 0 Å². The van der Waals surface area contributed by atoms with Crippen molar-refractivity contribution in [3.63, 3.8) is 0 Å². The molecule has 24 heavy (non-hydrogen) atoms. The van der Waals surface area contributed by atoms with Gasteiger partial charge in [0, 0.05) is 26.2 Å². The lowest BCUT2D eigenvalue weighted by atomic mass is 10.0. The lowest BCUT2D eigenvalue weighted by Gasteiger charge is -2.34. The number of nitrogens with zero attached hydrogens (tertiary/aromatic N) is 3. The second-order valence-electron chi connectivity index (χ2n) is 6.14. The van der Waals surface area contributed by atoms with Crippen molar-refractivity contribution in [2.24, 2.45) is 0 Å². The number of benzene rings is 1. The third-order valence-electron chi connectivity index (χ3n) is 4.21. The lowest BCUT2D eigenvalue weighted by molar-refractivity contribution is 0.0611. The maximum absolute atomic E-state index is 12.9. The van der Waals surface area contributed by atoms with E-state index < -0.39 is 0 Å². The van der Waals surface area contributed by atoms with Crippen molar-refractivity contribution in [3.05, 3.63) is 52.0 Å². The average molecular weight is 343 g/mol. The third-order valence-corrected chi connectivity index (χ3v) is 5.30. The number of likely N-dealkylation sites (tertiary alicyclic amines) is 1. The molecule has 1 aromatic carbocycles. The molecule has 126 valence electrons. The summed E-state index contributed by atoms with van der Waals surface area (Å²) in [7, 11) is 3.46. The van der Waals surface area contributed by atoms with Crippen molar-refractivity contribution in [1.29, 1.82) is 0 Å². The molecule has 1 fully saturated rings. The van der Waals surface area contributed by atoms with Crippen molar-refractivity contribution in [1.82, 2.24) is 14.8 Å². The summed E-state index contributed by atoms with van der Waals surface area (Å²) in [6.07, 6.45) is 4.59. The van der Waals surface area contributed by atoms with E-state index in [0.29, 0.717) is 10.4 Å². The summed E-state index contributed by atoms with van der Waals surface area (Å²) in [4.78, 5) is 33.5. The van der Waals surface area contributed by atoms with Gasteiger partial charge in [-0.1, -0.05) is 18.2 Å². The Bertz CT molecular complexity index is 727. The van der Waals surface area contributed by atoms with Gasteiger partial charge in [-0.25, -0.2) is 4.98 Å². The zero-order valence-corrected chi connectivity index (χ0v) is 14.8. The number of carbonyl (C=O) groups is 2. The molecule has 0 bridgehead atoms. The van der Waals surface area contributed by atoms with E-state index >= 15 is 0 Å². The summed E-state index contributed by atoms with van der Waals surface area (Å²) in [5.74, 6) is -0.00789. The highest BCUT2D eigenvalue weighted by atomic mass is 32.1. The van der Waals surface area contributed by atoms with E-state index in [2.05, 4.69) is 4.98 Å². The third kappa shape index (κ3) is 3.33. The van der Waals surface area contributed by atoms with Gasteiger partial charge in [0.2, 0.25) is 0 Å². The van der Waals surface area contributed by atoms with Gasteiger partial charge in [-0.05, 0) is 31.4 Å². The van der Waals surface area contributed by atoms with Crippen LogP contribution in [0.1, 0.15) is 50.3 Å². The quantitative estimate of drug-likeness (QED) is 0.860. The van der Waals surface area contributed by atoms with Gasteiger partial charge in [0.05, 0.1) is 12.2 Å². The van der Waals surface area contributed by atoms with Crippen LogP contribution >= 0.6 is 11.3 Å². The molecule has 0 aliphatic carbocycles. The number of aromatic nitrogens is 1. The molecule has 0 N–H and O–H groups in total. The van der Waals surface area contributed by atoms with Crippen LogP contribution in [0.25, 0.3) is 0 Å². The van der Waals surface area contributed by atoms with E-state index in [1.165, 1.54) is 11.3 Å². The first-order chi connectivity index (χ1) is 11.6. The molecule has 1 aliphatic heterocycles. The zero-order valence-electron chi connectivity index (χ0n) is 13.9. The van der Waals surface area contributed by atoms with E-state index in [-0.39, 0.29) is 17.9 Å². The summed E-state index contributed by atoms with van der Waals surface area (Å²) in [6.45, 7) is 0.731. The second kappa shape index (κ2) is 7.13. The van der Waals surface area contributed by atoms with Crippen LogP contribution in [-0.2, 0) is 0 Å². The molecule has 2 aromatic rings. The highest BCUT2D eigenvalue weighted by Crippen LogP contribution is 2.34. The number of thiazole rings is 1. The molecule has 0 spiro atoms. The minimum absolute atomic E-state index is 0.0380. The first-order valence-electron chi connectivity index (χ1n) is 8.11. The molecular weight excluding hydrogens is 322 g/mol. The Balaban J connectivity index is 1.85. The van der Waals surface area contributed by atoms with Gasteiger partial charge in [0.25, 0.3) is 11.8 Å². The monoisotopic (exact) mass is 343 g/mol. The van der Waals surface area contributed by atoms with Gasteiger partial charge in [-0.15, -0.1) is 11.3 Å². The second-order valence-corrected chi connectivity index (χ2v) is 7.20. The van der Waals surface area contributed by atoms with E-state index in [1.54, 1.807) is 25.2 Å². The topological polar surface area (TPSA) is 53.5 Å². The van der Waals surface area contributed by atoms with Gasteiger partial charge in [0.15, 0.2) is 0 Å². The van der Waals surface area contributed by atoms with E-state index in [0.717, 1.165) is 30.8 Å². The first kappa shape index (κ1) is 16.6. The molecule has 1 atom stereocenters. The smallest absolute Gasteiger partial charge is 0.265 e. The SMILES string of the molecule is CN(C)C(=O)c1cnc(C2CCCCN2C(=O)c2ccccc2)s1. The summed E-state index contributed by atoms with van der Waals surface area (Å²) >= 11 is 1.40. The van der Waals surface area contributed by atoms with Gasteiger partial charge < -0.3 is 9.80 Å². The van der Waals surface area contributed by atoms with Crippen molar-refractivity contribution >= 4 is 23.2 Å². The molecule has 6 heteroatoms. The number of hydrogen-bond donors (Lipinski definition) is 0. The predicted molar refractivity (Wildman–Crippen MR) is 94.2 cm³/mol. The minimum atomic E-state index is -0.0458. The predicted octanol–water partition coefficient (Wildman–Crippen LogP) is 3.21. The largest absolute Gasteiger partial charge is 0.344 e. The molecule has 3 rings (SSSR count). The number of rotatable bonds is 3. The summed E-state index contributed by atoms with van der Waals surface area (Å²) in [6, 6.07) is 9.31. The Hall–Kier alpha value is -2.21. The van der Waals surface area contributed by atoms with Gasteiger partial charge in [-0.2, -0.15) is 0 Å². The number of piperidine rings is 1. The highest BCUT2D eigenvalue weighted by molar-refractivity contribution is 7.13. The average Bonchev–Trinajstić information content (AvgIpc) is 3.11. The van der Waals surface area contributed by atoms with Crippen LogP contribution in [0.3, 0.4) is 0 Å². The fourth-order valence-corrected chi connectivity index (χ4v) is 4.03. The number of carbonyl (C=O) groups excluding carboxylic acids is 2. The van der Waals surface area contributed by atoms with Crippen LogP contribution in [0, 0.1) is 0 Å². The molecule has 1 aliphatic rings. The van der Waals surface area contributed by atoms with Crippen molar-refractivity contribution in [2.45, 2.75) is 25.3 Å². The summed E-state index contributed by atoms with van der Waals surface area (Å²) < 4.78 is 0. The molecule has 2 heterocycles. The van der Waals surface area contributed by atoms with E-state index in [1.807, 2.05) is 35.2 Å². The Kier molecular flexibility index (Phi) is 4.94. The number of amides is 2. The van der Waals surface area contributed by atoms with Crippen molar-refractivity contribution in [2.75, 3.05) is 20.6 Å². The molecule has 0 radical (unpaired) electrons. The van der Waals surface area contributed by atoms with Crippen molar-refractivity contribution < 1.29 is 9.59 Å². The summed E-state index contributed by atoms with van der Waals surface area (Å²) in [5.41, 5.74) is 0.700. The van der Waals surface area contributed by atoms with Gasteiger partial charge in [-0.3, -0.25) is 9.59 Å². The maximum Gasteiger partial charge on any atom is 0.265 e.